The summed E-state index contributed by atoms with van der Waals surface area (Å²) >= 11 is 0. The van der Waals surface area contributed by atoms with Gasteiger partial charge in [0.05, 0.1) is 11.8 Å². The second-order valence-corrected chi connectivity index (χ2v) is 4.29. The minimum atomic E-state index is -0.360. The van der Waals surface area contributed by atoms with Gasteiger partial charge in [0.25, 0.3) is 5.91 Å². The molecular formula is C16H15N3O2. The lowest BCUT2D eigenvalue weighted by Gasteiger charge is -2.04. The van der Waals surface area contributed by atoms with E-state index < -0.39 is 0 Å². The van der Waals surface area contributed by atoms with Crippen LogP contribution in [0.1, 0.15) is 21.5 Å². The molecule has 5 nitrogen and oxygen atoms in total. The smallest absolute Gasteiger partial charge is 0.272 e. The van der Waals surface area contributed by atoms with Crippen molar-refractivity contribution in [3.05, 3.63) is 72.1 Å². The molecule has 5 heteroatoms. The first-order valence-corrected chi connectivity index (χ1v) is 6.37. The molecule has 21 heavy (non-hydrogen) atoms. The van der Waals surface area contributed by atoms with Gasteiger partial charge in [0.1, 0.15) is 5.75 Å². The molecule has 1 amide bonds. The molecule has 0 unspecified atom stereocenters. The highest BCUT2D eigenvalue weighted by molar-refractivity contribution is 5.94. The van der Waals surface area contributed by atoms with Gasteiger partial charge in [-0.25, -0.2) is 5.43 Å². The van der Waals surface area contributed by atoms with E-state index in [0.29, 0.717) is 17.5 Å². The van der Waals surface area contributed by atoms with Crippen molar-refractivity contribution in [2.75, 3.05) is 0 Å². The Kier molecular flexibility index (Phi) is 4.82. The number of para-hydroxylation sites is 1. The maximum absolute atomic E-state index is 11.7. The van der Waals surface area contributed by atoms with E-state index in [9.17, 15) is 9.90 Å². The second kappa shape index (κ2) is 7.00. The van der Waals surface area contributed by atoms with Gasteiger partial charge in [0.2, 0.25) is 0 Å². The number of hydrogen-bond acceptors (Lipinski definition) is 4. The molecule has 0 aliphatic heterocycles. The lowest BCUT2D eigenvalue weighted by atomic mass is 10.1. The molecule has 1 aromatic carbocycles. The van der Waals surface area contributed by atoms with Gasteiger partial charge in [-0.3, -0.25) is 9.78 Å². The van der Waals surface area contributed by atoms with Gasteiger partial charge in [-0.1, -0.05) is 18.2 Å². The first-order valence-electron chi connectivity index (χ1n) is 6.37. The third-order valence-electron chi connectivity index (χ3n) is 2.81. The quantitative estimate of drug-likeness (QED) is 0.501. The third-order valence-corrected chi connectivity index (χ3v) is 2.81. The predicted octanol–water partition coefficient (Wildman–Crippen LogP) is 2.28. The van der Waals surface area contributed by atoms with Gasteiger partial charge >= 0.3 is 0 Å². The number of phenols is 1. The minimum absolute atomic E-state index is 0.136. The molecule has 0 saturated carbocycles. The van der Waals surface area contributed by atoms with Crippen molar-refractivity contribution in [1.29, 1.82) is 0 Å². The van der Waals surface area contributed by atoms with E-state index >= 15 is 0 Å². The number of phenolic OH excluding ortho intramolecular Hbond substituents is 1. The lowest BCUT2D eigenvalue weighted by molar-refractivity contribution is 0.0954. The Balaban J connectivity index is 2.07. The number of carbonyl (C=O) groups excluding carboxylic acids is 1. The van der Waals surface area contributed by atoms with E-state index in [-0.39, 0.29) is 11.7 Å². The molecule has 0 fully saturated rings. The number of amides is 1. The van der Waals surface area contributed by atoms with Crippen molar-refractivity contribution < 1.29 is 9.90 Å². The topological polar surface area (TPSA) is 74.6 Å². The van der Waals surface area contributed by atoms with E-state index in [1.54, 1.807) is 30.5 Å². The van der Waals surface area contributed by atoms with Crippen LogP contribution in [0.2, 0.25) is 0 Å². The lowest BCUT2D eigenvalue weighted by Crippen LogP contribution is -2.17. The van der Waals surface area contributed by atoms with Crippen molar-refractivity contribution in [2.45, 2.75) is 6.42 Å². The number of aromatic hydroxyl groups is 1. The van der Waals surface area contributed by atoms with Gasteiger partial charge in [-0.2, -0.15) is 5.10 Å². The van der Waals surface area contributed by atoms with Gasteiger partial charge < -0.3 is 5.11 Å². The highest BCUT2D eigenvalue weighted by Gasteiger charge is 2.05. The van der Waals surface area contributed by atoms with Gasteiger partial charge in [0.15, 0.2) is 0 Å². The summed E-state index contributed by atoms with van der Waals surface area (Å²) in [5.41, 5.74) is 4.09. The monoisotopic (exact) mass is 281 g/mol. The molecule has 0 saturated heterocycles. The number of allylic oxidation sites excluding steroid dienone is 1. The predicted molar refractivity (Wildman–Crippen MR) is 81.3 cm³/mol. The van der Waals surface area contributed by atoms with E-state index in [2.05, 4.69) is 22.1 Å². The maximum atomic E-state index is 11.7. The van der Waals surface area contributed by atoms with E-state index in [0.717, 1.165) is 5.56 Å². The van der Waals surface area contributed by atoms with Crippen LogP contribution in [0, 0.1) is 0 Å². The number of hydrogen-bond donors (Lipinski definition) is 2. The number of pyridine rings is 1. The molecular weight excluding hydrogens is 266 g/mol. The summed E-state index contributed by atoms with van der Waals surface area (Å²) in [7, 11) is 0. The molecule has 1 aromatic heterocycles. The van der Waals surface area contributed by atoms with Crippen LogP contribution >= 0.6 is 0 Å². The van der Waals surface area contributed by atoms with E-state index in [1.165, 1.54) is 12.4 Å². The fourth-order valence-electron chi connectivity index (χ4n) is 1.76. The SMILES string of the molecule is C=CCc1cccc(C=NNC(=O)c2cccnc2)c1O. The summed E-state index contributed by atoms with van der Waals surface area (Å²) < 4.78 is 0. The van der Waals surface area contributed by atoms with Gasteiger partial charge in [-0.15, -0.1) is 6.58 Å². The van der Waals surface area contributed by atoms with Crippen molar-refractivity contribution in [3.8, 4) is 5.75 Å². The van der Waals surface area contributed by atoms with Crippen LogP contribution in [0.3, 0.4) is 0 Å². The summed E-state index contributed by atoms with van der Waals surface area (Å²) in [5.74, 6) is -0.224. The Morgan fingerprint density at radius 2 is 2.24 bits per heavy atom. The highest BCUT2D eigenvalue weighted by atomic mass is 16.3. The molecule has 106 valence electrons. The normalized spacial score (nSPS) is 10.5. The van der Waals surface area contributed by atoms with Crippen LogP contribution in [0.15, 0.2) is 60.5 Å². The first-order chi connectivity index (χ1) is 10.2. The third kappa shape index (κ3) is 3.76. The van der Waals surface area contributed by atoms with Crippen molar-refractivity contribution in [1.82, 2.24) is 10.4 Å². The Labute approximate surface area is 122 Å². The van der Waals surface area contributed by atoms with E-state index in [4.69, 9.17) is 0 Å². The number of nitrogens with one attached hydrogen (secondary N) is 1. The highest BCUT2D eigenvalue weighted by Crippen LogP contribution is 2.21. The van der Waals surface area contributed by atoms with Crippen LogP contribution in [-0.4, -0.2) is 22.2 Å². The summed E-state index contributed by atoms with van der Waals surface area (Å²) in [4.78, 5) is 15.6. The summed E-state index contributed by atoms with van der Waals surface area (Å²) in [6.07, 6.45) is 6.71. The molecule has 0 radical (unpaired) electrons. The van der Waals surface area contributed by atoms with Crippen molar-refractivity contribution in [3.63, 3.8) is 0 Å². The molecule has 2 aromatic rings. The Morgan fingerprint density at radius 1 is 1.38 bits per heavy atom. The number of nitrogens with zero attached hydrogens (tertiary/aromatic N) is 2. The number of rotatable bonds is 5. The standard InChI is InChI=1S/C16H15N3O2/c1-2-5-12-6-3-7-13(15(12)20)11-18-19-16(21)14-8-4-9-17-10-14/h2-4,6-11,20H,1,5H2,(H,19,21). The molecule has 1 heterocycles. The molecule has 0 spiro atoms. The van der Waals surface area contributed by atoms with Crippen molar-refractivity contribution in [2.24, 2.45) is 5.10 Å². The number of carbonyl (C=O) groups is 1. The van der Waals surface area contributed by atoms with E-state index in [1.807, 2.05) is 12.1 Å². The Hall–Kier alpha value is -2.95. The maximum Gasteiger partial charge on any atom is 0.272 e. The zero-order valence-electron chi connectivity index (χ0n) is 11.4. The molecule has 0 aliphatic carbocycles. The van der Waals surface area contributed by atoms with Crippen LogP contribution in [-0.2, 0) is 6.42 Å². The van der Waals surface area contributed by atoms with Gasteiger partial charge in [0, 0.05) is 18.0 Å². The average molecular weight is 281 g/mol. The zero-order valence-corrected chi connectivity index (χ0v) is 11.4. The van der Waals surface area contributed by atoms with Crippen LogP contribution in [0.4, 0.5) is 0 Å². The minimum Gasteiger partial charge on any atom is -0.507 e. The Morgan fingerprint density at radius 3 is 2.95 bits per heavy atom. The molecule has 2 rings (SSSR count). The molecule has 0 atom stereocenters. The van der Waals surface area contributed by atoms with Crippen LogP contribution < -0.4 is 5.43 Å². The van der Waals surface area contributed by atoms with Crippen LogP contribution in [0.25, 0.3) is 0 Å². The van der Waals surface area contributed by atoms with Crippen molar-refractivity contribution >= 4 is 12.1 Å². The fraction of sp³-hybridized carbons (Fsp3) is 0.0625. The summed E-state index contributed by atoms with van der Waals surface area (Å²) in [5, 5.41) is 13.9. The molecule has 0 aliphatic rings. The summed E-state index contributed by atoms with van der Waals surface area (Å²) in [6, 6.07) is 8.64. The first kappa shape index (κ1) is 14.5. The zero-order chi connectivity index (χ0) is 15.1. The number of benzene rings is 1. The average Bonchev–Trinajstić information content (AvgIpc) is 2.52. The number of hydrazone groups is 1. The Bertz CT molecular complexity index is 666. The summed E-state index contributed by atoms with van der Waals surface area (Å²) in [6.45, 7) is 3.64. The largest absolute Gasteiger partial charge is 0.507 e. The van der Waals surface area contributed by atoms with Gasteiger partial charge in [-0.05, 0) is 30.2 Å². The fourth-order valence-corrected chi connectivity index (χ4v) is 1.76. The van der Waals surface area contributed by atoms with Crippen LogP contribution in [0.5, 0.6) is 5.75 Å². The number of aromatic nitrogens is 1. The molecule has 2 N–H and O–H groups in total. The second-order valence-electron chi connectivity index (χ2n) is 4.29. The molecule has 0 bridgehead atoms.